The molecule has 0 heterocycles. The first kappa shape index (κ1) is 14.2. The van der Waals surface area contributed by atoms with Crippen molar-refractivity contribution in [2.24, 2.45) is 5.73 Å². The highest BCUT2D eigenvalue weighted by atomic mass is 16.4. The Morgan fingerprint density at radius 3 is 2.50 bits per heavy atom. The lowest BCUT2D eigenvalue weighted by Crippen LogP contribution is -2.47. The van der Waals surface area contributed by atoms with Gasteiger partial charge in [-0.2, -0.15) is 0 Å². The fourth-order valence-electron chi connectivity index (χ4n) is 1.46. The molecule has 1 aromatic rings. The fourth-order valence-corrected chi connectivity index (χ4v) is 1.46. The highest BCUT2D eigenvalue weighted by Crippen LogP contribution is 2.16. The molecule has 5 nitrogen and oxygen atoms in total. The van der Waals surface area contributed by atoms with Gasteiger partial charge in [0.15, 0.2) is 0 Å². The van der Waals surface area contributed by atoms with Gasteiger partial charge in [-0.15, -0.1) is 0 Å². The Hall–Kier alpha value is -1.88. The first-order chi connectivity index (χ1) is 8.25. The molecule has 98 valence electrons. The number of carboxylic acids is 1. The Labute approximate surface area is 106 Å². The van der Waals surface area contributed by atoms with Gasteiger partial charge in [-0.1, -0.05) is 12.1 Å². The second-order valence-electron chi connectivity index (χ2n) is 4.78. The number of amides is 1. The van der Waals surface area contributed by atoms with E-state index in [1.54, 1.807) is 44.0 Å². The van der Waals surface area contributed by atoms with E-state index >= 15 is 0 Å². The van der Waals surface area contributed by atoms with Crippen LogP contribution in [-0.2, 0) is 11.3 Å². The molecular weight excluding hydrogens is 232 g/mol. The molecule has 1 rings (SSSR count). The fraction of sp³-hybridized carbons (Fsp3) is 0.385. The summed E-state index contributed by atoms with van der Waals surface area (Å²) in [5.74, 6) is -1.38. The highest BCUT2D eigenvalue weighted by molar-refractivity contribution is 5.92. The van der Waals surface area contributed by atoms with Gasteiger partial charge < -0.3 is 10.8 Å². The summed E-state index contributed by atoms with van der Waals surface area (Å²) in [7, 11) is 1.73. The third-order valence-corrected chi connectivity index (χ3v) is 3.11. The Morgan fingerprint density at radius 2 is 2.00 bits per heavy atom. The van der Waals surface area contributed by atoms with Gasteiger partial charge in [0.25, 0.3) is 0 Å². The van der Waals surface area contributed by atoms with Gasteiger partial charge in [0, 0.05) is 12.1 Å². The second-order valence-corrected chi connectivity index (χ2v) is 4.78. The summed E-state index contributed by atoms with van der Waals surface area (Å²) in [5.41, 5.74) is 5.51. The number of nitrogens with zero attached hydrogens (tertiary/aromatic N) is 1. The molecule has 0 aromatic heterocycles. The van der Waals surface area contributed by atoms with Crippen LogP contribution < -0.4 is 5.73 Å². The second kappa shape index (κ2) is 5.18. The molecule has 0 saturated carbocycles. The molecule has 0 fully saturated rings. The largest absolute Gasteiger partial charge is 0.480 e. The summed E-state index contributed by atoms with van der Waals surface area (Å²) in [4.78, 5) is 23.9. The van der Waals surface area contributed by atoms with E-state index in [9.17, 15) is 9.59 Å². The van der Waals surface area contributed by atoms with Crippen LogP contribution in [0.5, 0.6) is 0 Å². The maximum atomic E-state index is 11.1. The molecule has 5 heteroatoms. The number of hydrogen-bond donors (Lipinski definition) is 2. The number of aliphatic carboxylic acids is 1. The monoisotopic (exact) mass is 250 g/mol. The van der Waals surface area contributed by atoms with Gasteiger partial charge in [-0.25, -0.2) is 0 Å². The predicted octanol–water partition coefficient (Wildman–Crippen LogP) is 1.08. The van der Waals surface area contributed by atoms with Crippen molar-refractivity contribution >= 4 is 11.9 Å². The molecule has 0 unspecified atom stereocenters. The summed E-state index contributed by atoms with van der Waals surface area (Å²) in [6.45, 7) is 3.70. The number of rotatable bonds is 5. The van der Waals surface area contributed by atoms with Crippen molar-refractivity contribution in [2.45, 2.75) is 25.9 Å². The van der Waals surface area contributed by atoms with Crippen LogP contribution in [0.4, 0.5) is 0 Å². The molecule has 0 bridgehead atoms. The average Bonchev–Trinajstić information content (AvgIpc) is 2.28. The number of carbonyl (C=O) groups is 2. The molecule has 0 aliphatic rings. The van der Waals surface area contributed by atoms with Crippen molar-refractivity contribution in [2.75, 3.05) is 7.05 Å². The van der Waals surface area contributed by atoms with Crippen molar-refractivity contribution in [1.82, 2.24) is 4.90 Å². The standard InChI is InChI=1S/C13H18N2O3/c1-13(2,12(17)18)15(3)8-9-5-4-6-10(7-9)11(14)16/h4-7H,8H2,1-3H3,(H2,14,16)(H,17,18). The normalized spacial score (nSPS) is 11.6. The molecular formula is C13H18N2O3. The van der Waals surface area contributed by atoms with E-state index in [1.165, 1.54) is 0 Å². The third-order valence-electron chi connectivity index (χ3n) is 3.11. The Kier molecular flexibility index (Phi) is 4.08. The smallest absolute Gasteiger partial charge is 0.323 e. The maximum absolute atomic E-state index is 11.1. The zero-order valence-corrected chi connectivity index (χ0v) is 10.8. The van der Waals surface area contributed by atoms with Crippen molar-refractivity contribution in [3.05, 3.63) is 35.4 Å². The van der Waals surface area contributed by atoms with Crippen LogP contribution in [0.3, 0.4) is 0 Å². The Bertz CT molecular complexity index is 469. The van der Waals surface area contributed by atoms with Gasteiger partial charge in [0.1, 0.15) is 5.54 Å². The van der Waals surface area contributed by atoms with Gasteiger partial charge in [0.2, 0.25) is 5.91 Å². The molecule has 0 saturated heterocycles. The molecule has 0 atom stereocenters. The zero-order valence-electron chi connectivity index (χ0n) is 10.8. The van der Waals surface area contributed by atoms with E-state index in [-0.39, 0.29) is 0 Å². The van der Waals surface area contributed by atoms with E-state index in [4.69, 9.17) is 10.8 Å². The average molecular weight is 250 g/mol. The number of carbonyl (C=O) groups excluding carboxylic acids is 1. The Morgan fingerprint density at radius 1 is 1.39 bits per heavy atom. The van der Waals surface area contributed by atoms with E-state index in [0.29, 0.717) is 12.1 Å². The topological polar surface area (TPSA) is 83.6 Å². The van der Waals surface area contributed by atoms with E-state index in [1.807, 2.05) is 6.07 Å². The van der Waals surface area contributed by atoms with Crippen LogP contribution >= 0.6 is 0 Å². The summed E-state index contributed by atoms with van der Waals surface area (Å²) in [6, 6.07) is 6.88. The predicted molar refractivity (Wildman–Crippen MR) is 68.1 cm³/mol. The van der Waals surface area contributed by atoms with Crippen LogP contribution in [0.2, 0.25) is 0 Å². The minimum absolute atomic E-state index is 0.425. The number of benzene rings is 1. The molecule has 0 aliphatic heterocycles. The number of nitrogens with two attached hydrogens (primary N) is 1. The lowest BCUT2D eigenvalue weighted by atomic mass is 10.0. The molecule has 0 radical (unpaired) electrons. The molecule has 0 aliphatic carbocycles. The van der Waals surface area contributed by atoms with Crippen LogP contribution in [0, 0.1) is 0 Å². The lowest BCUT2D eigenvalue weighted by Gasteiger charge is -2.31. The first-order valence-electron chi connectivity index (χ1n) is 5.58. The van der Waals surface area contributed by atoms with E-state index in [2.05, 4.69) is 0 Å². The number of hydrogen-bond acceptors (Lipinski definition) is 3. The van der Waals surface area contributed by atoms with Gasteiger partial charge in [-0.05, 0) is 38.6 Å². The van der Waals surface area contributed by atoms with Gasteiger partial charge in [-0.3, -0.25) is 14.5 Å². The molecule has 3 N–H and O–H groups in total. The van der Waals surface area contributed by atoms with Crippen molar-refractivity contribution in [3.8, 4) is 0 Å². The van der Waals surface area contributed by atoms with E-state index < -0.39 is 17.4 Å². The quantitative estimate of drug-likeness (QED) is 0.819. The third kappa shape index (κ3) is 3.07. The minimum Gasteiger partial charge on any atom is -0.480 e. The summed E-state index contributed by atoms with van der Waals surface area (Å²) in [5, 5.41) is 9.12. The van der Waals surface area contributed by atoms with Crippen molar-refractivity contribution < 1.29 is 14.7 Å². The summed E-state index contributed by atoms with van der Waals surface area (Å²) < 4.78 is 0. The lowest BCUT2D eigenvalue weighted by molar-refractivity contribution is -0.148. The van der Waals surface area contributed by atoms with Gasteiger partial charge in [0.05, 0.1) is 0 Å². The van der Waals surface area contributed by atoms with Crippen LogP contribution in [-0.4, -0.2) is 34.5 Å². The molecule has 1 amide bonds. The zero-order chi connectivity index (χ0) is 13.9. The number of likely N-dealkylation sites (N-methyl/N-ethyl adjacent to an activating group) is 1. The van der Waals surface area contributed by atoms with E-state index in [0.717, 1.165) is 5.56 Å². The van der Waals surface area contributed by atoms with Gasteiger partial charge >= 0.3 is 5.97 Å². The highest BCUT2D eigenvalue weighted by Gasteiger charge is 2.31. The minimum atomic E-state index is -0.970. The molecule has 18 heavy (non-hydrogen) atoms. The summed E-state index contributed by atoms with van der Waals surface area (Å²) in [6.07, 6.45) is 0. The van der Waals surface area contributed by atoms with Crippen molar-refractivity contribution in [1.29, 1.82) is 0 Å². The van der Waals surface area contributed by atoms with Crippen LogP contribution in [0.1, 0.15) is 29.8 Å². The number of carboxylic acid groups (broad SMARTS) is 1. The SMILES string of the molecule is CN(Cc1cccc(C(N)=O)c1)C(C)(C)C(=O)O. The van der Waals surface area contributed by atoms with Crippen LogP contribution in [0.25, 0.3) is 0 Å². The summed E-state index contributed by atoms with van der Waals surface area (Å²) >= 11 is 0. The van der Waals surface area contributed by atoms with Crippen molar-refractivity contribution in [3.63, 3.8) is 0 Å². The Balaban J connectivity index is 2.88. The number of primary amides is 1. The maximum Gasteiger partial charge on any atom is 0.323 e. The van der Waals surface area contributed by atoms with Crippen LogP contribution in [0.15, 0.2) is 24.3 Å². The first-order valence-corrected chi connectivity index (χ1v) is 5.58. The molecule has 0 spiro atoms. The molecule has 1 aromatic carbocycles.